The number of hydrogen-bond acceptors (Lipinski definition) is 4. The number of amides is 1. The zero-order chi connectivity index (χ0) is 16.1. The minimum Gasteiger partial charge on any atom is -0.506 e. The summed E-state index contributed by atoms with van der Waals surface area (Å²) in [6.45, 7) is 2.02. The summed E-state index contributed by atoms with van der Waals surface area (Å²) in [5.74, 6) is -0.266. The van der Waals surface area contributed by atoms with Crippen molar-refractivity contribution in [2.45, 2.75) is 13.3 Å². The van der Waals surface area contributed by atoms with Crippen LogP contribution in [-0.2, 0) is 6.42 Å². The first-order valence-electron chi connectivity index (χ1n) is 6.47. The van der Waals surface area contributed by atoms with E-state index in [4.69, 9.17) is 0 Å². The van der Waals surface area contributed by atoms with Crippen molar-refractivity contribution in [3.05, 3.63) is 56.2 Å². The Morgan fingerprint density at radius 1 is 1.36 bits per heavy atom. The van der Waals surface area contributed by atoms with Crippen LogP contribution in [0.15, 0.2) is 44.5 Å². The molecule has 0 bridgehead atoms. The molecule has 1 aromatic carbocycles. The van der Waals surface area contributed by atoms with Gasteiger partial charge in [-0.1, -0.05) is 13.0 Å². The maximum Gasteiger partial charge on any atom is 0.289 e. The van der Waals surface area contributed by atoms with Gasteiger partial charge in [0.1, 0.15) is 11.4 Å². The van der Waals surface area contributed by atoms with Crippen molar-refractivity contribution in [3.8, 4) is 5.75 Å². The molecule has 0 saturated carbocycles. The highest BCUT2D eigenvalue weighted by molar-refractivity contribution is 9.11. The lowest BCUT2D eigenvalue weighted by Crippen LogP contribution is -2.18. The third-order valence-corrected chi connectivity index (χ3v) is 4.09. The molecule has 0 fully saturated rings. The molecule has 0 unspecified atom stereocenters. The lowest BCUT2D eigenvalue weighted by molar-refractivity contribution is 0.0950. The van der Waals surface area contributed by atoms with Gasteiger partial charge < -0.3 is 5.11 Å². The van der Waals surface area contributed by atoms with Gasteiger partial charge in [-0.2, -0.15) is 5.10 Å². The number of aromatic hydroxyl groups is 1. The number of phenols is 1. The number of pyridine rings is 1. The molecule has 2 aromatic rings. The molecule has 2 N–H and O–H groups in total. The highest BCUT2D eigenvalue weighted by Gasteiger charge is 2.06. The number of carbonyl (C=O) groups is 1. The second-order valence-electron chi connectivity index (χ2n) is 4.44. The first-order valence-corrected chi connectivity index (χ1v) is 8.06. The van der Waals surface area contributed by atoms with Gasteiger partial charge in [0.05, 0.1) is 15.2 Å². The third kappa shape index (κ3) is 4.14. The van der Waals surface area contributed by atoms with Crippen LogP contribution in [0.25, 0.3) is 0 Å². The van der Waals surface area contributed by atoms with Crippen LogP contribution in [-0.4, -0.2) is 22.2 Å². The zero-order valence-electron chi connectivity index (χ0n) is 11.7. The summed E-state index contributed by atoms with van der Waals surface area (Å²) in [6, 6.07) is 6.89. The Morgan fingerprint density at radius 3 is 2.59 bits per heavy atom. The van der Waals surface area contributed by atoms with Crippen LogP contribution in [0.1, 0.15) is 28.5 Å². The number of aromatic nitrogens is 1. The van der Waals surface area contributed by atoms with Crippen LogP contribution in [0.2, 0.25) is 0 Å². The summed E-state index contributed by atoms with van der Waals surface area (Å²) in [4.78, 5) is 16.0. The molecule has 0 spiro atoms. The highest BCUT2D eigenvalue weighted by Crippen LogP contribution is 2.32. The predicted octanol–water partition coefficient (Wildman–Crippen LogP) is 3.64. The van der Waals surface area contributed by atoms with Gasteiger partial charge in [-0.25, -0.2) is 5.43 Å². The molecule has 1 heterocycles. The molecule has 1 aromatic heterocycles. The quantitative estimate of drug-likeness (QED) is 0.578. The zero-order valence-corrected chi connectivity index (χ0v) is 14.8. The second-order valence-corrected chi connectivity index (χ2v) is 6.15. The fourth-order valence-electron chi connectivity index (χ4n) is 1.65. The molecule has 0 aliphatic heterocycles. The van der Waals surface area contributed by atoms with Gasteiger partial charge >= 0.3 is 0 Å². The predicted molar refractivity (Wildman–Crippen MR) is 92.2 cm³/mol. The Kier molecular flexibility index (Phi) is 5.68. The Morgan fingerprint density at radius 2 is 2.05 bits per heavy atom. The molecule has 0 radical (unpaired) electrons. The standard InChI is InChI=1S/C15H13Br2N3O2/c1-2-9-3-4-13(18-7-9)15(22)20-19-8-10-5-11(16)14(21)12(17)6-10/h3-8,21H,2H2,1H3,(H,20,22). The summed E-state index contributed by atoms with van der Waals surface area (Å²) >= 11 is 6.46. The molecular weight excluding hydrogens is 414 g/mol. The van der Waals surface area contributed by atoms with Crippen LogP contribution in [0.4, 0.5) is 0 Å². The smallest absolute Gasteiger partial charge is 0.289 e. The van der Waals surface area contributed by atoms with Crippen molar-refractivity contribution in [1.82, 2.24) is 10.4 Å². The summed E-state index contributed by atoms with van der Waals surface area (Å²) < 4.78 is 1.07. The topological polar surface area (TPSA) is 74.6 Å². The molecule has 0 aliphatic rings. The van der Waals surface area contributed by atoms with E-state index in [1.165, 1.54) is 6.21 Å². The van der Waals surface area contributed by atoms with Gasteiger partial charge in [-0.3, -0.25) is 9.78 Å². The number of halogens is 2. The second kappa shape index (κ2) is 7.51. The van der Waals surface area contributed by atoms with Crippen molar-refractivity contribution < 1.29 is 9.90 Å². The number of rotatable bonds is 4. The molecule has 2 rings (SSSR count). The minimum atomic E-state index is -0.379. The number of nitrogens with zero attached hydrogens (tertiary/aromatic N) is 2. The maximum atomic E-state index is 11.9. The molecular formula is C15H13Br2N3O2. The molecule has 0 aliphatic carbocycles. The monoisotopic (exact) mass is 425 g/mol. The third-order valence-electron chi connectivity index (χ3n) is 2.88. The highest BCUT2D eigenvalue weighted by atomic mass is 79.9. The summed E-state index contributed by atoms with van der Waals surface area (Å²) in [5, 5.41) is 13.5. The number of carbonyl (C=O) groups excluding carboxylic acids is 1. The number of hydrazone groups is 1. The van der Waals surface area contributed by atoms with Crippen LogP contribution in [0.3, 0.4) is 0 Å². The average Bonchev–Trinajstić information content (AvgIpc) is 2.52. The van der Waals surface area contributed by atoms with E-state index in [-0.39, 0.29) is 11.7 Å². The van der Waals surface area contributed by atoms with E-state index in [2.05, 4.69) is 47.4 Å². The van der Waals surface area contributed by atoms with Gasteiger partial charge in [-0.05, 0) is 67.6 Å². The van der Waals surface area contributed by atoms with E-state index in [0.29, 0.717) is 20.2 Å². The Bertz CT molecular complexity index is 692. The van der Waals surface area contributed by atoms with Gasteiger partial charge in [0.25, 0.3) is 5.91 Å². The first kappa shape index (κ1) is 16.6. The summed E-state index contributed by atoms with van der Waals surface area (Å²) in [5.41, 5.74) is 4.50. The number of hydrogen-bond donors (Lipinski definition) is 2. The maximum absolute atomic E-state index is 11.9. The van der Waals surface area contributed by atoms with Crippen molar-refractivity contribution in [2.75, 3.05) is 0 Å². The Balaban J connectivity index is 2.03. The van der Waals surface area contributed by atoms with Crippen LogP contribution < -0.4 is 5.43 Å². The Labute approximate surface area is 144 Å². The van der Waals surface area contributed by atoms with E-state index in [1.54, 1.807) is 24.4 Å². The lowest BCUT2D eigenvalue weighted by atomic mass is 10.2. The van der Waals surface area contributed by atoms with Crippen molar-refractivity contribution in [1.29, 1.82) is 0 Å². The molecule has 22 heavy (non-hydrogen) atoms. The number of phenolic OH excluding ortho intramolecular Hbond substituents is 1. The van der Waals surface area contributed by atoms with Gasteiger partial charge in [0, 0.05) is 6.20 Å². The minimum absolute atomic E-state index is 0.112. The summed E-state index contributed by atoms with van der Waals surface area (Å²) in [6.07, 6.45) is 4.03. The molecule has 7 heteroatoms. The van der Waals surface area contributed by atoms with Gasteiger partial charge in [0.2, 0.25) is 0 Å². The van der Waals surface area contributed by atoms with E-state index >= 15 is 0 Å². The largest absolute Gasteiger partial charge is 0.506 e. The number of nitrogens with one attached hydrogen (secondary N) is 1. The van der Waals surface area contributed by atoms with E-state index < -0.39 is 0 Å². The SMILES string of the molecule is CCc1ccc(C(=O)NN=Cc2cc(Br)c(O)c(Br)c2)nc1. The van der Waals surface area contributed by atoms with Crippen molar-refractivity contribution in [2.24, 2.45) is 5.10 Å². The fourth-order valence-corrected chi connectivity index (χ4v) is 2.87. The van der Waals surface area contributed by atoms with Crippen molar-refractivity contribution >= 4 is 44.0 Å². The van der Waals surface area contributed by atoms with Crippen LogP contribution in [0, 0.1) is 0 Å². The number of aryl methyl sites for hydroxylation is 1. The lowest BCUT2D eigenvalue weighted by Gasteiger charge is -2.02. The van der Waals surface area contributed by atoms with Crippen molar-refractivity contribution in [3.63, 3.8) is 0 Å². The van der Waals surface area contributed by atoms with E-state index in [9.17, 15) is 9.90 Å². The van der Waals surface area contributed by atoms with Gasteiger partial charge in [-0.15, -0.1) is 0 Å². The van der Waals surface area contributed by atoms with E-state index in [0.717, 1.165) is 12.0 Å². The van der Waals surface area contributed by atoms with Crippen LogP contribution in [0.5, 0.6) is 5.75 Å². The fraction of sp³-hybridized carbons (Fsp3) is 0.133. The summed E-state index contributed by atoms with van der Waals surface area (Å²) in [7, 11) is 0. The normalized spacial score (nSPS) is 10.9. The average molecular weight is 427 g/mol. The molecule has 5 nitrogen and oxygen atoms in total. The first-order chi connectivity index (χ1) is 10.5. The molecule has 0 atom stereocenters. The molecule has 114 valence electrons. The number of benzene rings is 1. The van der Waals surface area contributed by atoms with Crippen LogP contribution >= 0.6 is 31.9 Å². The van der Waals surface area contributed by atoms with E-state index in [1.807, 2.05) is 13.0 Å². The molecule has 1 amide bonds. The molecule has 0 saturated heterocycles. The Hall–Kier alpha value is -1.73. The van der Waals surface area contributed by atoms with Gasteiger partial charge in [0.15, 0.2) is 0 Å².